The summed E-state index contributed by atoms with van der Waals surface area (Å²) in [5, 5.41) is 7.64. The fourth-order valence-electron chi connectivity index (χ4n) is 5.85. The van der Waals surface area contributed by atoms with Crippen molar-refractivity contribution in [2.24, 2.45) is 0 Å². The second-order valence-electron chi connectivity index (χ2n) is 10.3. The average Bonchev–Trinajstić information content (AvgIpc) is 2.99. The van der Waals surface area contributed by atoms with E-state index in [2.05, 4.69) is 149 Å². The summed E-state index contributed by atoms with van der Waals surface area (Å²) in [5.74, 6) is 0. The summed E-state index contributed by atoms with van der Waals surface area (Å²) in [6.45, 7) is 10.5. The van der Waals surface area contributed by atoms with Gasteiger partial charge >= 0.3 is 0 Å². The van der Waals surface area contributed by atoms with Crippen LogP contribution in [0.5, 0.6) is 0 Å². The Morgan fingerprint density at radius 1 is 0.564 bits per heavy atom. The van der Waals surface area contributed by atoms with Gasteiger partial charge < -0.3 is 0 Å². The molecular formula is C39H32. The Morgan fingerprint density at radius 2 is 1.18 bits per heavy atom. The van der Waals surface area contributed by atoms with Crippen LogP contribution in [0, 0.1) is 0 Å². The van der Waals surface area contributed by atoms with Crippen LogP contribution in [0.25, 0.3) is 60.1 Å². The van der Waals surface area contributed by atoms with E-state index in [1.54, 1.807) is 0 Å². The van der Waals surface area contributed by atoms with E-state index in [4.69, 9.17) is 0 Å². The summed E-state index contributed by atoms with van der Waals surface area (Å²) in [6.07, 6.45) is 4.15. The Kier molecular flexibility index (Phi) is 6.47. The topological polar surface area (TPSA) is 0 Å². The summed E-state index contributed by atoms with van der Waals surface area (Å²) in [4.78, 5) is 0. The van der Waals surface area contributed by atoms with Crippen LogP contribution in [-0.4, -0.2) is 0 Å². The lowest BCUT2D eigenvalue weighted by atomic mass is 9.84. The zero-order valence-electron chi connectivity index (χ0n) is 22.8. The highest BCUT2D eigenvalue weighted by Crippen LogP contribution is 2.43. The van der Waals surface area contributed by atoms with Crippen LogP contribution in [0.15, 0.2) is 145 Å². The lowest BCUT2D eigenvalue weighted by molar-refractivity contribution is 1.42. The Labute approximate surface area is 231 Å². The number of hydrogen-bond acceptors (Lipinski definition) is 0. The van der Waals surface area contributed by atoms with Crippen LogP contribution in [0.1, 0.15) is 26.3 Å². The number of benzene rings is 6. The maximum absolute atomic E-state index is 3.95. The van der Waals surface area contributed by atoms with E-state index in [0.717, 1.165) is 0 Å². The zero-order chi connectivity index (χ0) is 26.9. The van der Waals surface area contributed by atoms with Crippen molar-refractivity contribution in [1.82, 2.24) is 0 Å². The van der Waals surface area contributed by atoms with Crippen molar-refractivity contribution in [3.05, 3.63) is 151 Å². The van der Waals surface area contributed by atoms with Crippen LogP contribution >= 0.6 is 0 Å². The molecule has 6 aromatic carbocycles. The summed E-state index contributed by atoms with van der Waals surface area (Å²) >= 11 is 0. The molecule has 0 bridgehead atoms. The van der Waals surface area contributed by atoms with Crippen LogP contribution in [0.4, 0.5) is 0 Å². The molecule has 39 heavy (non-hydrogen) atoms. The van der Waals surface area contributed by atoms with Gasteiger partial charge in [0.05, 0.1) is 0 Å². The van der Waals surface area contributed by atoms with Gasteiger partial charge in [0, 0.05) is 0 Å². The smallest absolute Gasteiger partial charge is 0.00262 e. The molecule has 0 saturated heterocycles. The highest BCUT2D eigenvalue weighted by atomic mass is 14.2. The molecular weight excluding hydrogens is 468 g/mol. The summed E-state index contributed by atoms with van der Waals surface area (Å²) in [6, 6.07) is 42.0. The highest BCUT2D eigenvalue weighted by Gasteiger charge is 2.17. The molecule has 0 aliphatic heterocycles. The fourth-order valence-corrected chi connectivity index (χ4v) is 5.85. The van der Waals surface area contributed by atoms with Crippen molar-refractivity contribution in [3.63, 3.8) is 0 Å². The van der Waals surface area contributed by atoms with Gasteiger partial charge in [-0.3, -0.25) is 0 Å². The molecule has 6 rings (SSSR count). The van der Waals surface area contributed by atoms with E-state index in [0.29, 0.717) is 0 Å². The van der Waals surface area contributed by atoms with Crippen molar-refractivity contribution in [2.75, 3.05) is 0 Å². The first-order valence-corrected chi connectivity index (χ1v) is 13.6. The van der Waals surface area contributed by atoms with Gasteiger partial charge in [0.1, 0.15) is 0 Å². The predicted molar refractivity (Wildman–Crippen MR) is 172 cm³/mol. The minimum Gasteiger partial charge on any atom is -0.0988 e. The molecule has 0 heteroatoms. The van der Waals surface area contributed by atoms with E-state index < -0.39 is 0 Å². The van der Waals surface area contributed by atoms with Gasteiger partial charge in [-0.1, -0.05) is 133 Å². The third kappa shape index (κ3) is 4.39. The fraction of sp³-hybridized carbons (Fsp3) is 0.0769. The minimum absolute atomic E-state index is 1.17. The molecule has 0 fully saturated rings. The maximum atomic E-state index is 3.95. The molecule has 0 aromatic heterocycles. The molecule has 0 unspecified atom stereocenters. The first-order chi connectivity index (χ1) is 19.1. The third-order valence-corrected chi connectivity index (χ3v) is 7.92. The summed E-state index contributed by atoms with van der Waals surface area (Å²) in [7, 11) is 0. The second-order valence-corrected chi connectivity index (χ2v) is 10.3. The largest absolute Gasteiger partial charge is 0.0988 e. The van der Waals surface area contributed by atoms with E-state index in [-0.39, 0.29) is 0 Å². The molecule has 0 nitrogen and oxygen atoms in total. The Bertz CT molecular complexity index is 1870. The highest BCUT2D eigenvalue weighted by molar-refractivity contribution is 6.19. The summed E-state index contributed by atoms with van der Waals surface area (Å²) in [5.41, 5.74) is 10.1. The zero-order valence-corrected chi connectivity index (χ0v) is 22.8. The Balaban J connectivity index is 1.69. The molecule has 0 radical (unpaired) electrons. The SMILES string of the molecule is C=C/C(C)=C\C(C)=C(/C)c1c2ccccc2c(-c2ccc3cccc(-c4ccccc4)c3c2)c2ccccc12. The number of allylic oxidation sites excluding steroid dienone is 5. The Hall–Kier alpha value is -4.68. The van der Waals surface area contributed by atoms with Gasteiger partial charge in [0.25, 0.3) is 0 Å². The van der Waals surface area contributed by atoms with Gasteiger partial charge in [-0.25, -0.2) is 0 Å². The van der Waals surface area contributed by atoms with Gasteiger partial charge in [-0.05, 0) is 98.1 Å². The van der Waals surface area contributed by atoms with Gasteiger partial charge in [-0.15, -0.1) is 0 Å². The maximum Gasteiger partial charge on any atom is -0.00262 e. The Morgan fingerprint density at radius 3 is 1.82 bits per heavy atom. The average molecular weight is 501 g/mol. The molecule has 0 N–H and O–H groups in total. The summed E-state index contributed by atoms with van der Waals surface area (Å²) < 4.78 is 0. The van der Waals surface area contributed by atoms with Crippen LogP contribution in [-0.2, 0) is 0 Å². The normalized spacial score (nSPS) is 12.6. The molecule has 0 saturated carbocycles. The first-order valence-electron chi connectivity index (χ1n) is 13.6. The van der Waals surface area contributed by atoms with E-state index in [1.165, 1.54) is 76.9 Å². The minimum atomic E-state index is 1.17. The molecule has 0 heterocycles. The monoisotopic (exact) mass is 500 g/mol. The molecule has 0 amide bonds. The standard InChI is InChI=1S/C39H32/c1-5-26(2)24-27(3)28(4)38-33-17-9-11-19-35(33)39(36-20-12-10-18-34(36)38)31-23-22-30-16-13-21-32(37(30)25-31)29-14-7-6-8-15-29/h5-25H,1H2,2-4H3/b26-24-,28-27+. The third-order valence-electron chi connectivity index (χ3n) is 7.92. The van der Waals surface area contributed by atoms with Crippen molar-refractivity contribution >= 4 is 37.9 Å². The van der Waals surface area contributed by atoms with Crippen LogP contribution in [0.3, 0.4) is 0 Å². The molecule has 0 atom stereocenters. The molecule has 188 valence electrons. The predicted octanol–water partition coefficient (Wildman–Crippen LogP) is 11.4. The number of rotatable bonds is 5. The molecule has 0 spiro atoms. The quantitative estimate of drug-likeness (QED) is 0.163. The molecule has 0 aliphatic rings. The number of fused-ring (bicyclic) bond motifs is 3. The first kappa shape index (κ1) is 24.6. The van der Waals surface area contributed by atoms with Crippen molar-refractivity contribution < 1.29 is 0 Å². The second kappa shape index (κ2) is 10.2. The van der Waals surface area contributed by atoms with Gasteiger partial charge in [0.15, 0.2) is 0 Å². The lowest BCUT2D eigenvalue weighted by Gasteiger charge is -2.19. The van der Waals surface area contributed by atoms with Crippen molar-refractivity contribution in [1.29, 1.82) is 0 Å². The lowest BCUT2D eigenvalue weighted by Crippen LogP contribution is -1.94. The number of hydrogen-bond donors (Lipinski definition) is 0. The van der Waals surface area contributed by atoms with Gasteiger partial charge in [-0.2, -0.15) is 0 Å². The van der Waals surface area contributed by atoms with Gasteiger partial charge in [0.2, 0.25) is 0 Å². The van der Waals surface area contributed by atoms with E-state index in [9.17, 15) is 0 Å². The molecule has 6 aromatic rings. The molecule has 0 aliphatic carbocycles. The van der Waals surface area contributed by atoms with Crippen LogP contribution in [0.2, 0.25) is 0 Å². The van der Waals surface area contributed by atoms with Crippen molar-refractivity contribution in [2.45, 2.75) is 20.8 Å². The van der Waals surface area contributed by atoms with Crippen LogP contribution < -0.4 is 0 Å². The van der Waals surface area contributed by atoms with E-state index in [1.807, 2.05) is 6.08 Å². The van der Waals surface area contributed by atoms with Crippen molar-refractivity contribution in [3.8, 4) is 22.3 Å². The van der Waals surface area contributed by atoms with E-state index >= 15 is 0 Å².